The molecule has 2 atom stereocenters. The monoisotopic (exact) mass is 477 g/mol. The van der Waals surface area contributed by atoms with Crippen molar-refractivity contribution in [3.8, 4) is 0 Å². The lowest BCUT2D eigenvalue weighted by molar-refractivity contribution is -0.136. The van der Waals surface area contributed by atoms with E-state index >= 15 is 0 Å². The Hall–Kier alpha value is -3.95. The fourth-order valence-electron chi connectivity index (χ4n) is 4.90. The Balaban J connectivity index is 1.16. The summed E-state index contributed by atoms with van der Waals surface area (Å²) < 4.78 is 5.33. The molecule has 3 aliphatic rings. The number of rotatable bonds is 5. The number of piperidine rings is 1. The summed E-state index contributed by atoms with van der Waals surface area (Å²) in [7, 11) is 0. The molecule has 1 aromatic carbocycles. The fourth-order valence-corrected chi connectivity index (χ4v) is 4.90. The quantitative estimate of drug-likeness (QED) is 0.635. The van der Waals surface area contributed by atoms with Crippen LogP contribution < -0.4 is 15.5 Å². The molecule has 1 aromatic heterocycles. The van der Waals surface area contributed by atoms with Crippen LogP contribution in [0.25, 0.3) is 0 Å². The first kappa shape index (κ1) is 22.8. The van der Waals surface area contributed by atoms with Crippen molar-refractivity contribution < 1.29 is 23.9 Å². The number of imide groups is 1. The van der Waals surface area contributed by atoms with E-state index in [1.54, 1.807) is 30.5 Å². The summed E-state index contributed by atoms with van der Waals surface area (Å²) in [5.41, 5.74) is 2.47. The number of hydrogen-bond donors (Lipinski definition) is 2. The average Bonchev–Trinajstić information content (AvgIpc) is 3.41. The van der Waals surface area contributed by atoms with Crippen LogP contribution in [0.4, 0.5) is 16.3 Å². The zero-order chi connectivity index (χ0) is 24.5. The predicted molar refractivity (Wildman–Crippen MR) is 127 cm³/mol. The molecular weight excluding hydrogens is 450 g/mol. The number of carbonyl (C=O) groups is 4. The van der Waals surface area contributed by atoms with E-state index in [0.29, 0.717) is 35.8 Å². The summed E-state index contributed by atoms with van der Waals surface area (Å²) in [6.45, 7) is 3.46. The summed E-state index contributed by atoms with van der Waals surface area (Å²) >= 11 is 0. The third-order valence-corrected chi connectivity index (χ3v) is 6.80. The molecule has 1 unspecified atom stereocenters. The van der Waals surface area contributed by atoms with E-state index in [0.717, 1.165) is 30.8 Å². The van der Waals surface area contributed by atoms with Crippen molar-refractivity contribution in [3.05, 3.63) is 53.2 Å². The van der Waals surface area contributed by atoms with Gasteiger partial charge in [-0.15, -0.1) is 0 Å². The van der Waals surface area contributed by atoms with Crippen LogP contribution in [0.15, 0.2) is 36.5 Å². The number of anilines is 2. The van der Waals surface area contributed by atoms with Crippen LogP contribution in [0.5, 0.6) is 0 Å². The van der Waals surface area contributed by atoms with Crippen LogP contribution in [-0.2, 0) is 27.5 Å². The fraction of sp³-hybridized carbons (Fsp3) is 0.400. The van der Waals surface area contributed by atoms with Crippen LogP contribution in [0.2, 0.25) is 0 Å². The largest absolute Gasteiger partial charge is 0.444 e. The van der Waals surface area contributed by atoms with Gasteiger partial charge in [-0.05, 0) is 55.5 Å². The SMILES string of the molecule is C[C@H]1CCCN1c1ccc(NC(=O)OCc2ccc3c(c2)C(=O)N(C2CCC(=O)NC2=O)C3)cn1. The van der Waals surface area contributed by atoms with Crippen molar-refractivity contribution in [1.82, 2.24) is 15.2 Å². The van der Waals surface area contributed by atoms with Gasteiger partial charge in [-0.1, -0.05) is 12.1 Å². The van der Waals surface area contributed by atoms with Crippen molar-refractivity contribution in [1.29, 1.82) is 0 Å². The first-order chi connectivity index (χ1) is 16.9. The van der Waals surface area contributed by atoms with Gasteiger partial charge in [0.25, 0.3) is 5.91 Å². The minimum atomic E-state index is -0.660. The van der Waals surface area contributed by atoms with Gasteiger partial charge in [-0.3, -0.25) is 25.0 Å². The molecule has 10 heteroatoms. The molecule has 182 valence electrons. The van der Waals surface area contributed by atoms with Crippen molar-refractivity contribution >= 4 is 35.3 Å². The van der Waals surface area contributed by atoms with Gasteiger partial charge in [-0.2, -0.15) is 0 Å². The van der Waals surface area contributed by atoms with Gasteiger partial charge in [-0.25, -0.2) is 9.78 Å². The number of benzene rings is 1. The molecule has 2 fully saturated rings. The van der Waals surface area contributed by atoms with E-state index in [4.69, 9.17) is 4.74 Å². The van der Waals surface area contributed by atoms with Crippen LogP contribution in [0.3, 0.4) is 0 Å². The van der Waals surface area contributed by atoms with Crippen LogP contribution >= 0.6 is 0 Å². The summed E-state index contributed by atoms with van der Waals surface area (Å²) in [5, 5.41) is 4.97. The highest BCUT2D eigenvalue weighted by Gasteiger charge is 2.39. The van der Waals surface area contributed by atoms with Gasteiger partial charge in [0.05, 0.1) is 11.9 Å². The Kier molecular flexibility index (Phi) is 6.10. The predicted octanol–water partition coefficient (Wildman–Crippen LogP) is 2.58. The van der Waals surface area contributed by atoms with Gasteiger partial charge in [0, 0.05) is 31.1 Å². The molecule has 2 N–H and O–H groups in total. The summed E-state index contributed by atoms with van der Waals surface area (Å²) in [6, 6.07) is 8.76. The van der Waals surface area contributed by atoms with E-state index in [1.165, 1.54) is 4.90 Å². The van der Waals surface area contributed by atoms with Gasteiger partial charge in [0.2, 0.25) is 11.8 Å². The third-order valence-electron chi connectivity index (χ3n) is 6.80. The molecular formula is C25H27N5O5. The number of pyridine rings is 1. The van der Waals surface area contributed by atoms with E-state index < -0.39 is 18.0 Å². The molecule has 4 amide bonds. The lowest BCUT2D eigenvalue weighted by Gasteiger charge is -2.29. The molecule has 0 bridgehead atoms. The first-order valence-corrected chi connectivity index (χ1v) is 11.8. The summed E-state index contributed by atoms with van der Waals surface area (Å²) in [6.07, 6.45) is 3.81. The van der Waals surface area contributed by atoms with E-state index in [2.05, 4.69) is 27.4 Å². The Labute approximate surface area is 202 Å². The number of nitrogens with one attached hydrogen (secondary N) is 2. The molecule has 3 aliphatic heterocycles. The number of hydrogen-bond acceptors (Lipinski definition) is 7. The molecule has 2 aromatic rings. The molecule has 0 radical (unpaired) electrons. The van der Waals surface area contributed by atoms with Gasteiger partial charge in [0.15, 0.2) is 0 Å². The van der Waals surface area contributed by atoms with Crippen LogP contribution in [-0.4, -0.2) is 52.3 Å². The minimum absolute atomic E-state index is 0.0123. The van der Waals surface area contributed by atoms with Crippen LogP contribution in [0, 0.1) is 0 Å². The Morgan fingerprint density at radius 3 is 2.74 bits per heavy atom. The van der Waals surface area contributed by atoms with Crippen molar-refractivity contribution in [2.24, 2.45) is 0 Å². The molecule has 0 saturated carbocycles. The minimum Gasteiger partial charge on any atom is -0.444 e. The van der Waals surface area contributed by atoms with Crippen LogP contribution in [0.1, 0.15) is 54.1 Å². The van der Waals surface area contributed by atoms with Gasteiger partial charge < -0.3 is 14.5 Å². The van der Waals surface area contributed by atoms with Crippen molar-refractivity contribution in [2.75, 3.05) is 16.8 Å². The standard InChI is InChI=1S/C25H27N5O5/c1-15-3-2-10-29(15)21-8-6-18(12-26-21)27-25(34)35-14-16-4-5-17-13-30(24(33)19(17)11-16)20-7-9-22(31)28-23(20)32/h4-6,8,11-12,15,20H,2-3,7,9-10,13-14H2,1H3,(H,27,34)(H,28,31,32)/t15-,20?/m0/s1. The second-order valence-corrected chi connectivity index (χ2v) is 9.18. The Bertz CT molecular complexity index is 1180. The molecule has 5 rings (SSSR count). The first-order valence-electron chi connectivity index (χ1n) is 11.8. The number of fused-ring (bicyclic) bond motifs is 1. The summed E-state index contributed by atoms with van der Waals surface area (Å²) in [4.78, 5) is 57.0. The summed E-state index contributed by atoms with van der Waals surface area (Å²) in [5.74, 6) is -0.136. The lowest BCUT2D eigenvalue weighted by atomic mass is 10.0. The van der Waals surface area contributed by atoms with Crippen molar-refractivity contribution in [3.63, 3.8) is 0 Å². The number of amides is 4. The van der Waals surface area contributed by atoms with Gasteiger partial charge >= 0.3 is 6.09 Å². The maximum absolute atomic E-state index is 12.9. The third kappa shape index (κ3) is 4.68. The maximum Gasteiger partial charge on any atom is 0.412 e. The van der Waals surface area contributed by atoms with Gasteiger partial charge in [0.1, 0.15) is 18.5 Å². The normalized spacial score (nSPS) is 21.7. The van der Waals surface area contributed by atoms with E-state index in [9.17, 15) is 19.2 Å². The second-order valence-electron chi connectivity index (χ2n) is 9.18. The smallest absolute Gasteiger partial charge is 0.412 e. The molecule has 2 saturated heterocycles. The zero-order valence-electron chi connectivity index (χ0n) is 19.5. The average molecular weight is 478 g/mol. The van der Waals surface area contributed by atoms with E-state index in [1.807, 2.05) is 6.07 Å². The van der Waals surface area contributed by atoms with Crippen molar-refractivity contribution in [2.45, 2.75) is 57.8 Å². The molecule has 0 spiro atoms. The number of carbonyl (C=O) groups excluding carboxylic acids is 4. The number of aromatic nitrogens is 1. The number of nitrogens with zero attached hydrogens (tertiary/aromatic N) is 3. The second kappa shape index (κ2) is 9.36. The Morgan fingerprint density at radius 1 is 1.17 bits per heavy atom. The molecule has 4 heterocycles. The highest BCUT2D eigenvalue weighted by atomic mass is 16.5. The highest BCUT2D eigenvalue weighted by molar-refractivity contribution is 6.05. The van der Waals surface area contributed by atoms with E-state index in [-0.39, 0.29) is 24.8 Å². The topological polar surface area (TPSA) is 121 Å². The Morgan fingerprint density at radius 2 is 2.03 bits per heavy atom. The maximum atomic E-state index is 12.9. The number of ether oxygens (including phenoxy) is 1. The molecule has 0 aliphatic carbocycles. The zero-order valence-corrected chi connectivity index (χ0v) is 19.5. The molecule has 10 nitrogen and oxygen atoms in total. The lowest BCUT2D eigenvalue weighted by Crippen LogP contribution is -2.52. The highest BCUT2D eigenvalue weighted by Crippen LogP contribution is 2.28. The molecule has 35 heavy (non-hydrogen) atoms.